The van der Waals surface area contributed by atoms with Crippen molar-refractivity contribution in [1.82, 2.24) is 4.98 Å². The fourth-order valence-corrected chi connectivity index (χ4v) is 2.51. The Bertz CT molecular complexity index is 660. The third-order valence-electron chi connectivity index (χ3n) is 3.54. The van der Waals surface area contributed by atoms with E-state index in [-0.39, 0.29) is 17.6 Å². The van der Waals surface area contributed by atoms with Crippen LogP contribution in [-0.4, -0.2) is 18.3 Å². The van der Waals surface area contributed by atoms with Crippen LogP contribution in [0.3, 0.4) is 0 Å². The quantitative estimate of drug-likeness (QED) is 0.776. The molecule has 0 N–H and O–H groups in total. The van der Waals surface area contributed by atoms with Gasteiger partial charge in [0.05, 0.1) is 5.41 Å². The summed E-state index contributed by atoms with van der Waals surface area (Å²) in [5.74, 6) is 0.197. The molecule has 5 heteroatoms. The monoisotopic (exact) mass is 295 g/mol. The molecule has 1 aromatic carbocycles. The molecule has 1 atom stereocenters. The second-order valence-electron chi connectivity index (χ2n) is 5.16. The number of rotatable bonds is 2. The maximum absolute atomic E-state index is 13.3. The minimum absolute atomic E-state index is 0.245. The highest BCUT2D eigenvalue weighted by Crippen LogP contribution is 2.45. The van der Waals surface area contributed by atoms with E-state index in [1.165, 1.54) is 12.1 Å². The van der Waals surface area contributed by atoms with Crippen molar-refractivity contribution in [2.75, 3.05) is 13.3 Å². The first-order valence-electron chi connectivity index (χ1n) is 6.19. The zero-order valence-corrected chi connectivity index (χ0v) is 11.5. The largest absolute Gasteiger partial charge is 0.490 e. The average Bonchev–Trinajstić information content (AvgIpc) is 2.77. The second kappa shape index (κ2) is 4.70. The number of pyridine rings is 1. The highest BCUT2D eigenvalue weighted by Gasteiger charge is 2.39. The van der Waals surface area contributed by atoms with Gasteiger partial charge in [0, 0.05) is 11.1 Å². The molecule has 1 aromatic heterocycles. The van der Waals surface area contributed by atoms with Gasteiger partial charge in [-0.1, -0.05) is 11.6 Å². The number of benzene rings is 1. The molecule has 2 nitrogen and oxygen atoms in total. The molecule has 3 rings (SSSR count). The van der Waals surface area contributed by atoms with E-state index in [1.54, 1.807) is 25.1 Å². The Kier molecular flexibility index (Phi) is 3.13. The van der Waals surface area contributed by atoms with Gasteiger partial charge in [-0.05, 0) is 37.3 Å². The third kappa shape index (κ3) is 2.04. The van der Waals surface area contributed by atoms with Crippen molar-refractivity contribution in [2.45, 2.75) is 12.3 Å². The van der Waals surface area contributed by atoms with E-state index in [0.717, 1.165) is 0 Å². The van der Waals surface area contributed by atoms with E-state index in [0.29, 0.717) is 22.6 Å². The smallest absolute Gasteiger partial charge is 0.149 e. The average molecular weight is 296 g/mol. The highest BCUT2D eigenvalue weighted by atomic mass is 35.5. The zero-order valence-electron chi connectivity index (χ0n) is 10.8. The van der Waals surface area contributed by atoms with Crippen LogP contribution in [0.5, 0.6) is 5.75 Å². The molecule has 104 valence electrons. The predicted octanol–water partition coefficient (Wildman–Crippen LogP) is 4.16. The van der Waals surface area contributed by atoms with Crippen molar-refractivity contribution in [3.8, 4) is 17.0 Å². The molecule has 1 aliphatic heterocycles. The lowest BCUT2D eigenvalue weighted by Crippen LogP contribution is -2.26. The van der Waals surface area contributed by atoms with E-state index in [9.17, 15) is 8.78 Å². The summed E-state index contributed by atoms with van der Waals surface area (Å²) in [7, 11) is 0. The maximum atomic E-state index is 13.3. The number of fused-ring (bicyclic) bond motifs is 1. The van der Waals surface area contributed by atoms with Crippen LogP contribution < -0.4 is 4.74 Å². The molecule has 0 spiro atoms. The first kappa shape index (κ1) is 13.3. The summed E-state index contributed by atoms with van der Waals surface area (Å²) in [4.78, 5) is 4.24. The van der Waals surface area contributed by atoms with Crippen LogP contribution >= 0.6 is 11.6 Å². The first-order valence-corrected chi connectivity index (χ1v) is 6.57. The van der Waals surface area contributed by atoms with Crippen LogP contribution in [-0.2, 0) is 5.41 Å². The van der Waals surface area contributed by atoms with Crippen molar-refractivity contribution in [2.24, 2.45) is 0 Å². The number of ether oxygens (including phenoxy) is 1. The van der Waals surface area contributed by atoms with E-state index in [1.807, 2.05) is 0 Å². The number of halogens is 3. The molecule has 1 unspecified atom stereocenters. The molecule has 0 fully saturated rings. The van der Waals surface area contributed by atoms with Gasteiger partial charge in [0.25, 0.3) is 0 Å². The van der Waals surface area contributed by atoms with Gasteiger partial charge >= 0.3 is 0 Å². The molecule has 2 heterocycles. The van der Waals surface area contributed by atoms with Crippen molar-refractivity contribution in [1.29, 1.82) is 0 Å². The molecular weight excluding hydrogens is 284 g/mol. The molecule has 0 bridgehead atoms. The predicted molar refractivity (Wildman–Crippen MR) is 73.5 cm³/mol. The number of hydrogen-bond donors (Lipinski definition) is 0. The Hall–Kier alpha value is -1.68. The molecule has 0 radical (unpaired) electrons. The van der Waals surface area contributed by atoms with E-state index in [4.69, 9.17) is 16.3 Å². The summed E-state index contributed by atoms with van der Waals surface area (Å²) >= 11 is 6.03. The Labute approximate surface area is 120 Å². The van der Waals surface area contributed by atoms with Gasteiger partial charge in [0.15, 0.2) is 0 Å². The van der Waals surface area contributed by atoms with Gasteiger partial charge in [0.2, 0.25) is 0 Å². The summed E-state index contributed by atoms with van der Waals surface area (Å²) < 4.78 is 31.9. The molecular formula is C15H12ClF2NO. The van der Waals surface area contributed by atoms with Crippen LogP contribution in [0.4, 0.5) is 8.78 Å². The van der Waals surface area contributed by atoms with Crippen molar-refractivity contribution in [3.05, 3.63) is 46.9 Å². The Balaban J connectivity index is 2.19. The Morgan fingerprint density at radius 3 is 2.70 bits per heavy atom. The third-order valence-corrected chi connectivity index (χ3v) is 3.73. The molecule has 2 aromatic rings. The highest BCUT2D eigenvalue weighted by molar-refractivity contribution is 6.29. The number of nitrogens with zero attached hydrogens (tertiary/aromatic N) is 1. The lowest BCUT2D eigenvalue weighted by molar-refractivity contribution is 0.237. The van der Waals surface area contributed by atoms with Crippen molar-refractivity contribution < 1.29 is 13.5 Å². The maximum Gasteiger partial charge on any atom is 0.149 e. The number of hydrogen-bond acceptors (Lipinski definition) is 2. The summed E-state index contributed by atoms with van der Waals surface area (Å²) in [6.07, 6.45) is 0. The van der Waals surface area contributed by atoms with Gasteiger partial charge in [0.1, 0.15) is 35.7 Å². The van der Waals surface area contributed by atoms with Crippen LogP contribution in [0.1, 0.15) is 12.5 Å². The van der Waals surface area contributed by atoms with E-state index >= 15 is 0 Å². The fraction of sp³-hybridized carbons (Fsp3) is 0.267. The number of aromatic nitrogens is 1. The SMILES string of the molecule is CC1(CF)COc2c1cc(Cl)nc2-c1ccc(F)cc1. The van der Waals surface area contributed by atoms with E-state index in [2.05, 4.69) is 4.98 Å². The zero-order chi connectivity index (χ0) is 14.3. The Morgan fingerprint density at radius 1 is 1.35 bits per heavy atom. The van der Waals surface area contributed by atoms with Crippen molar-refractivity contribution >= 4 is 11.6 Å². The molecule has 0 amide bonds. The molecule has 0 saturated heterocycles. The van der Waals surface area contributed by atoms with Gasteiger partial charge in [-0.25, -0.2) is 13.8 Å². The van der Waals surface area contributed by atoms with Crippen molar-refractivity contribution in [3.63, 3.8) is 0 Å². The second-order valence-corrected chi connectivity index (χ2v) is 5.55. The normalized spacial score (nSPS) is 20.6. The molecule has 20 heavy (non-hydrogen) atoms. The fourth-order valence-electron chi connectivity index (χ4n) is 2.32. The topological polar surface area (TPSA) is 22.1 Å². The van der Waals surface area contributed by atoms with Crippen LogP contribution in [0.2, 0.25) is 5.15 Å². The lowest BCUT2D eigenvalue weighted by Gasteiger charge is -2.17. The summed E-state index contributed by atoms with van der Waals surface area (Å²) in [5.41, 5.74) is 1.20. The van der Waals surface area contributed by atoms with E-state index < -0.39 is 12.1 Å². The molecule has 0 saturated carbocycles. The minimum atomic E-state index is -0.712. The molecule has 0 aliphatic carbocycles. The standard InChI is InChI=1S/C15H12ClF2NO/c1-15(7-17)8-20-14-11(15)6-12(16)19-13(14)9-2-4-10(18)5-3-9/h2-6H,7-8H2,1H3. The number of alkyl halides is 1. The first-order chi connectivity index (χ1) is 9.53. The van der Waals surface area contributed by atoms with Gasteiger partial charge in [-0.2, -0.15) is 0 Å². The van der Waals surface area contributed by atoms with Crippen LogP contribution in [0.25, 0.3) is 11.3 Å². The summed E-state index contributed by atoms with van der Waals surface area (Å²) in [6, 6.07) is 7.52. The summed E-state index contributed by atoms with van der Waals surface area (Å²) in [5, 5.41) is 0.272. The lowest BCUT2D eigenvalue weighted by atomic mass is 9.86. The van der Waals surface area contributed by atoms with Gasteiger partial charge in [-0.15, -0.1) is 0 Å². The van der Waals surface area contributed by atoms with Crippen LogP contribution in [0.15, 0.2) is 30.3 Å². The molecule has 1 aliphatic rings. The summed E-state index contributed by atoms with van der Waals surface area (Å²) in [6.45, 7) is 1.49. The Morgan fingerprint density at radius 2 is 2.05 bits per heavy atom. The minimum Gasteiger partial charge on any atom is -0.490 e. The van der Waals surface area contributed by atoms with Gasteiger partial charge < -0.3 is 4.74 Å². The van der Waals surface area contributed by atoms with Crippen LogP contribution in [0, 0.1) is 5.82 Å². The van der Waals surface area contributed by atoms with Gasteiger partial charge in [-0.3, -0.25) is 0 Å².